The number of alkyl halides is 3. The molecule has 2 rings (SSSR count). The van der Waals surface area contributed by atoms with Crippen LogP contribution in [0.15, 0.2) is 54.6 Å². The second-order valence-corrected chi connectivity index (χ2v) is 6.72. The Labute approximate surface area is 146 Å². The number of amides is 1. The van der Waals surface area contributed by atoms with E-state index in [2.05, 4.69) is 5.32 Å². The van der Waals surface area contributed by atoms with Crippen molar-refractivity contribution in [2.45, 2.75) is 38.3 Å². The van der Waals surface area contributed by atoms with Gasteiger partial charge in [0.25, 0.3) is 0 Å². The number of hydrogen-bond donors (Lipinski definition) is 1. The molecular formula is C20H22F3NO. The molecule has 0 fully saturated rings. The maximum atomic E-state index is 12.9. The highest BCUT2D eigenvalue weighted by atomic mass is 19.4. The van der Waals surface area contributed by atoms with Crippen molar-refractivity contribution in [3.8, 4) is 0 Å². The van der Waals surface area contributed by atoms with Crippen molar-refractivity contribution in [2.24, 2.45) is 0 Å². The largest absolute Gasteiger partial charge is 0.416 e. The second-order valence-electron chi connectivity index (χ2n) is 6.72. The van der Waals surface area contributed by atoms with E-state index in [1.165, 1.54) is 6.07 Å². The molecule has 1 amide bonds. The van der Waals surface area contributed by atoms with Gasteiger partial charge in [0.15, 0.2) is 0 Å². The van der Waals surface area contributed by atoms with E-state index >= 15 is 0 Å². The predicted molar refractivity (Wildman–Crippen MR) is 92.2 cm³/mol. The van der Waals surface area contributed by atoms with Crippen LogP contribution in [0, 0.1) is 0 Å². The van der Waals surface area contributed by atoms with E-state index in [9.17, 15) is 18.0 Å². The molecule has 2 nitrogen and oxygen atoms in total. The normalized spacial score (nSPS) is 12.0. The third-order valence-corrected chi connectivity index (χ3v) is 4.18. The zero-order valence-electron chi connectivity index (χ0n) is 14.4. The first kappa shape index (κ1) is 19.0. The molecule has 0 aliphatic heterocycles. The molecule has 0 bridgehead atoms. The first-order chi connectivity index (χ1) is 11.7. The summed E-state index contributed by atoms with van der Waals surface area (Å²) >= 11 is 0. The van der Waals surface area contributed by atoms with Crippen molar-refractivity contribution in [3.63, 3.8) is 0 Å². The SMILES string of the molecule is CC(C)(CNC(=O)CCc1ccccc1)c1cccc(C(F)(F)F)c1. The molecule has 0 aliphatic carbocycles. The molecule has 1 N–H and O–H groups in total. The number of halogens is 3. The van der Waals surface area contributed by atoms with E-state index < -0.39 is 17.2 Å². The van der Waals surface area contributed by atoms with Gasteiger partial charge in [-0.2, -0.15) is 13.2 Å². The first-order valence-electron chi connectivity index (χ1n) is 8.17. The predicted octanol–water partition coefficient (Wildman–Crippen LogP) is 4.73. The number of nitrogens with one attached hydrogen (secondary N) is 1. The quantitative estimate of drug-likeness (QED) is 0.802. The van der Waals surface area contributed by atoms with Gasteiger partial charge in [0.1, 0.15) is 0 Å². The summed E-state index contributed by atoms with van der Waals surface area (Å²) in [7, 11) is 0. The molecule has 0 saturated heterocycles. The summed E-state index contributed by atoms with van der Waals surface area (Å²) in [6, 6.07) is 14.9. The van der Waals surface area contributed by atoms with Crippen molar-refractivity contribution in [3.05, 3.63) is 71.3 Å². The van der Waals surface area contributed by atoms with Crippen molar-refractivity contribution in [2.75, 3.05) is 6.54 Å². The molecule has 0 radical (unpaired) electrons. The zero-order valence-corrected chi connectivity index (χ0v) is 14.4. The van der Waals surface area contributed by atoms with Gasteiger partial charge in [0.05, 0.1) is 5.56 Å². The highest BCUT2D eigenvalue weighted by molar-refractivity contribution is 5.76. The fourth-order valence-electron chi connectivity index (χ4n) is 2.53. The van der Waals surface area contributed by atoms with Gasteiger partial charge >= 0.3 is 6.18 Å². The summed E-state index contributed by atoms with van der Waals surface area (Å²) in [5.41, 5.74) is 0.359. The van der Waals surface area contributed by atoms with Gasteiger partial charge in [-0.15, -0.1) is 0 Å². The third-order valence-electron chi connectivity index (χ3n) is 4.18. The van der Waals surface area contributed by atoms with Gasteiger partial charge in [-0.3, -0.25) is 4.79 Å². The molecular weight excluding hydrogens is 327 g/mol. The Morgan fingerprint density at radius 3 is 2.24 bits per heavy atom. The highest BCUT2D eigenvalue weighted by Gasteiger charge is 2.32. The minimum atomic E-state index is -4.37. The Bertz CT molecular complexity index is 708. The summed E-state index contributed by atoms with van der Waals surface area (Å²) in [6.07, 6.45) is -3.38. The fourth-order valence-corrected chi connectivity index (χ4v) is 2.53. The van der Waals surface area contributed by atoms with Crippen molar-refractivity contribution >= 4 is 5.91 Å². The lowest BCUT2D eigenvalue weighted by atomic mass is 9.83. The van der Waals surface area contributed by atoms with Crippen LogP contribution in [0.2, 0.25) is 0 Å². The summed E-state index contributed by atoms with van der Waals surface area (Å²) in [5, 5.41) is 2.83. The molecule has 5 heteroatoms. The average molecular weight is 349 g/mol. The Morgan fingerprint density at radius 1 is 0.960 bits per heavy atom. The number of hydrogen-bond acceptors (Lipinski definition) is 1. The number of aryl methyl sites for hydroxylation is 1. The Hall–Kier alpha value is -2.30. The van der Waals surface area contributed by atoms with Crippen LogP contribution in [-0.2, 0) is 22.8 Å². The van der Waals surface area contributed by atoms with E-state index in [0.29, 0.717) is 18.4 Å². The Balaban J connectivity index is 1.93. The molecule has 0 aromatic heterocycles. The summed E-state index contributed by atoms with van der Waals surface area (Å²) in [4.78, 5) is 12.0. The lowest BCUT2D eigenvalue weighted by Crippen LogP contribution is -2.36. The monoisotopic (exact) mass is 349 g/mol. The van der Waals surface area contributed by atoms with Crippen molar-refractivity contribution in [1.82, 2.24) is 5.32 Å². The highest BCUT2D eigenvalue weighted by Crippen LogP contribution is 2.32. The Morgan fingerprint density at radius 2 is 1.60 bits per heavy atom. The summed E-state index contributed by atoms with van der Waals surface area (Å²) in [5.74, 6) is -0.107. The second kappa shape index (κ2) is 7.72. The smallest absolute Gasteiger partial charge is 0.355 e. The lowest BCUT2D eigenvalue weighted by molar-refractivity contribution is -0.137. The van der Waals surface area contributed by atoms with E-state index in [1.807, 2.05) is 44.2 Å². The van der Waals surface area contributed by atoms with Crippen LogP contribution >= 0.6 is 0 Å². The molecule has 2 aromatic rings. The van der Waals surface area contributed by atoms with Crippen LogP contribution in [0.4, 0.5) is 13.2 Å². The van der Waals surface area contributed by atoms with Crippen molar-refractivity contribution < 1.29 is 18.0 Å². The number of benzene rings is 2. The zero-order chi connectivity index (χ0) is 18.5. The molecule has 134 valence electrons. The molecule has 0 saturated carbocycles. The standard InChI is InChI=1S/C20H22F3NO/c1-19(2,16-9-6-10-17(13-16)20(21,22)23)14-24-18(25)12-11-15-7-4-3-5-8-15/h3-10,13H,11-12,14H2,1-2H3,(H,24,25). The van der Waals surface area contributed by atoms with E-state index in [-0.39, 0.29) is 12.5 Å². The molecule has 2 aromatic carbocycles. The number of carbonyl (C=O) groups excluding carboxylic acids is 1. The minimum Gasteiger partial charge on any atom is -0.355 e. The number of carbonyl (C=O) groups is 1. The van der Waals surface area contributed by atoms with Gasteiger partial charge in [-0.25, -0.2) is 0 Å². The molecule has 0 aliphatic rings. The van der Waals surface area contributed by atoms with Crippen LogP contribution in [0.1, 0.15) is 37.0 Å². The molecule has 0 atom stereocenters. The van der Waals surface area contributed by atoms with Crippen LogP contribution in [-0.4, -0.2) is 12.5 Å². The molecule has 0 unspecified atom stereocenters. The first-order valence-corrected chi connectivity index (χ1v) is 8.17. The van der Waals surface area contributed by atoms with E-state index in [0.717, 1.165) is 17.7 Å². The lowest BCUT2D eigenvalue weighted by Gasteiger charge is -2.26. The van der Waals surface area contributed by atoms with Gasteiger partial charge in [0, 0.05) is 18.4 Å². The van der Waals surface area contributed by atoms with Crippen molar-refractivity contribution in [1.29, 1.82) is 0 Å². The van der Waals surface area contributed by atoms with Gasteiger partial charge < -0.3 is 5.32 Å². The summed E-state index contributed by atoms with van der Waals surface area (Å²) < 4.78 is 38.6. The van der Waals surface area contributed by atoms with Gasteiger partial charge in [-0.05, 0) is 23.6 Å². The van der Waals surface area contributed by atoms with E-state index in [4.69, 9.17) is 0 Å². The van der Waals surface area contributed by atoms with Gasteiger partial charge in [-0.1, -0.05) is 62.4 Å². The maximum Gasteiger partial charge on any atom is 0.416 e. The van der Waals surface area contributed by atoms with Gasteiger partial charge in [0.2, 0.25) is 5.91 Å². The molecule has 0 heterocycles. The fraction of sp³-hybridized carbons (Fsp3) is 0.350. The van der Waals surface area contributed by atoms with Crippen LogP contribution in [0.3, 0.4) is 0 Å². The van der Waals surface area contributed by atoms with E-state index in [1.54, 1.807) is 6.07 Å². The summed E-state index contributed by atoms with van der Waals surface area (Å²) in [6.45, 7) is 3.92. The minimum absolute atomic E-state index is 0.107. The molecule has 25 heavy (non-hydrogen) atoms. The maximum absolute atomic E-state index is 12.9. The van der Waals surface area contributed by atoms with Crippen LogP contribution < -0.4 is 5.32 Å². The average Bonchev–Trinajstić information content (AvgIpc) is 2.58. The molecule has 0 spiro atoms. The number of rotatable bonds is 6. The van der Waals surface area contributed by atoms with Crippen LogP contribution in [0.5, 0.6) is 0 Å². The Kier molecular flexibility index (Phi) is 5.88. The third kappa shape index (κ3) is 5.62. The van der Waals surface area contributed by atoms with Crippen LogP contribution in [0.25, 0.3) is 0 Å². The topological polar surface area (TPSA) is 29.1 Å².